The molecule has 0 amide bonds. The molecule has 0 bridgehead atoms. The lowest BCUT2D eigenvalue weighted by molar-refractivity contribution is 0.178. The number of piperidine rings is 1. The fourth-order valence-corrected chi connectivity index (χ4v) is 4.61. The van der Waals surface area contributed by atoms with Gasteiger partial charge in [0.25, 0.3) is 0 Å². The van der Waals surface area contributed by atoms with Crippen LogP contribution in [-0.4, -0.2) is 51.3 Å². The number of nitrogens with zero attached hydrogens (tertiary/aromatic N) is 1. The molecule has 1 heterocycles. The number of nitrogens with one attached hydrogen (secondary N) is 1. The number of aliphatic hydroxyl groups is 1. The van der Waals surface area contributed by atoms with Gasteiger partial charge < -0.3 is 9.84 Å². The van der Waals surface area contributed by atoms with Gasteiger partial charge in [-0.3, -0.25) is 4.90 Å². The van der Waals surface area contributed by atoms with Crippen molar-refractivity contribution >= 4 is 10.0 Å². The number of aryl methyl sites for hydroxylation is 1. The van der Waals surface area contributed by atoms with E-state index in [9.17, 15) is 8.42 Å². The van der Waals surface area contributed by atoms with Crippen LogP contribution in [0.1, 0.15) is 24.0 Å². The Morgan fingerprint density at radius 3 is 2.34 bits per heavy atom. The minimum absolute atomic E-state index is 0.0118. The molecule has 158 valence electrons. The van der Waals surface area contributed by atoms with Crippen molar-refractivity contribution in [2.45, 2.75) is 31.2 Å². The highest BCUT2D eigenvalue weighted by molar-refractivity contribution is 7.89. The van der Waals surface area contributed by atoms with Crippen LogP contribution < -0.4 is 9.46 Å². The number of rotatable bonds is 9. The minimum Gasteiger partial charge on any atom is -0.491 e. The van der Waals surface area contributed by atoms with E-state index in [4.69, 9.17) is 9.84 Å². The minimum atomic E-state index is -3.44. The molecule has 3 rings (SSSR count). The van der Waals surface area contributed by atoms with Crippen molar-refractivity contribution in [3.63, 3.8) is 0 Å². The summed E-state index contributed by atoms with van der Waals surface area (Å²) in [5.41, 5.74) is 2.27. The van der Waals surface area contributed by atoms with Gasteiger partial charge in [0.15, 0.2) is 0 Å². The van der Waals surface area contributed by atoms with Crippen LogP contribution in [0.2, 0.25) is 0 Å². The first-order valence-electron chi connectivity index (χ1n) is 10.1. The summed E-state index contributed by atoms with van der Waals surface area (Å²) in [7, 11) is -3.44. The van der Waals surface area contributed by atoms with E-state index in [2.05, 4.69) is 21.8 Å². The highest BCUT2D eigenvalue weighted by atomic mass is 32.2. The highest BCUT2D eigenvalue weighted by Gasteiger charge is 2.22. The molecule has 0 unspecified atom stereocenters. The molecule has 1 aliphatic heterocycles. The van der Waals surface area contributed by atoms with Crippen molar-refractivity contribution in [3.05, 3.63) is 59.7 Å². The van der Waals surface area contributed by atoms with Crippen molar-refractivity contribution in [2.24, 2.45) is 5.92 Å². The van der Waals surface area contributed by atoms with E-state index >= 15 is 0 Å². The van der Waals surface area contributed by atoms with Crippen molar-refractivity contribution < 1.29 is 18.3 Å². The second-order valence-electron chi connectivity index (χ2n) is 7.60. The van der Waals surface area contributed by atoms with Gasteiger partial charge in [-0.05, 0) is 68.6 Å². The maximum absolute atomic E-state index is 12.4. The molecular weight excluding hydrogens is 388 g/mol. The molecular formula is C22H30N2O4S. The Labute approximate surface area is 173 Å². The molecule has 1 fully saturated rings. The average Bonchev–Trinajstić information content (AvgIpc) is 2.73. The molecule has 2 aromatic carbocycles. The monoisotopic (exact) mass is 418 g/mol. The Balaban J connectivity index is 1.42. The Kier molecular flexibility index (Phi) is 7.66. The van der Waals surface area contributed by atoms with E-state index in [0.29, 0.717) is 24.0 Å². The van der Waals surface area contributed by atoms with Gasteiger partial charge in [0.05, 0.1) is 11.5 Å². The van der Waals surface area contributed by atoms with E-state index in [1.807, 2.05) is 31.2 Å². The van der Waals surface area contributed by atoms with Gasteiger partial charge in [-0.2, -0.15) is 0 Å². The average molecular weight is 419 g/mol. The Hall–Kier alpha value is -1.93. The zero-order valence-corrected chi connectivity index (χ0v) is 17.7. The number of likely N-dealkylation sites (tertiary alicyclic amines) is 1. The second kappa shape index (κ2) is 10.2. The van der Waals surface area contributed by atoms with Crippen LogP contribution in [0.5, 0.6) is 5.75 Å². The predicted molar refractivity (Wildman–Crippen MR) is 113 cm³/mol. The SMILES string of the molecule is Cc1ccc(S(=O)(=O)NCC2CCN(Cc3ccc(OCCO)cc3)CC2)cc1. The van der Waals surface area contributed by atoms with Gasteiger partial charge in [0, 0.05) is 13.1 Å². The van der Waals surface area contributed by atoms with Gasteiger partial charge >= 0.3 is 0 Å². The largest absolute Gasteiger partial charge is 0.491 e. The number of aliphatic hydroxyl groups excluding tert-OH is 1. The molecule has 29 heavy (non-hydrogen) atoms. The van der Waals surface area contributed by atoms with Gasteiger partial charge in [-0.1, -0.05) is 29.8 Å². The molecule has 7 heteroatoms. The van der Waals surface area contributed by atoms with Crippen LogP contribution in [0.4, 0.5) is 0 Å². The fraction of sp³-hybridized carbons (Fsp3) is 0.455. The highest BCUT2D eigenvalue weighted by Crippen LogP contribution is 2.20. The van der Waals surface area contributed by atoms with Crippen LogP contribution in [0, 0.1) is 12.8 Å². The van der Waals surface area contributed by atoms with Gasteiger partial charge in [0.2, 0.25) is 10.0 Å². The number of ether oxygens (including phenoxy) is 1. The van der Waals surface area contributed by atoms with E-state index in [1.165, 1.54) is 5.56 Å². The van der Waals surface area contributed by atoms with E-state index in [-0.39, 0.29) is 6.61 Å². The Morgan fingerprint density at radius 1 is 1.07 bits per heavy atom. The second-order valence-corrected chi connectivity index (χ2v) is 9.37. The van der Waals surface area contributed by atoms with Crippen LogP contribution in [-0.2, 0) is 16.6 Å². The van der Waals surface area contributed by atoms with Crippen LogP contribution >= 0.6 is 0 Å². The molecule has 0 atom stereocenters. The fourth-order valence-electron chi connectivity index (χ4n) is 3.49. The number of benzene rings is 2. The summed E-state index contributed by atoms with van der Waals surface area (Å²) in [5.74, 6) is 1.13. The third kappa shape index (κ3) is 6.54. The third-order valence-corrected chi connectivity index (χ3v) is 6.73. The van der Waals surface area contributed by atoms with Gasteiger partial charge in [0.1, 0.15) is 12.4 Å². The molecule has 1 aliphatic rings. The summed E-state index contributed by atoms with van der Waals surface area (Å²) in [6.07, 6.45) is 1.96. The summed E-state index contributed by atoms with van der Waals surface area (Å²) in [6, 6.07) is 14.9. The first-order valence-corrected chi connectivity index (χ1v) is 11.6. The number of hydrogen-bond acceptors (Lipinski definition) is 5. The molecule has 0 radical (unpaired) electrons. The molecule has 6 nitrogen and oxygen atoms in total. The van der Waals surface area contributed by atoms with Gasteiger partial charge in [-0.15, -0.1) is 0 Å². The van der Waals surface area contributed by atoms with Crippen LogP contribution in [0.3, 0.4) is 0 Å². The van der Waals surface area contributed by atoms with Gasteiger partial charge in [-0.25, -0.2) is 13.1 Å². The van der Waals surface area contributed by atoms with Crippen molar-refractivity contribution in [1.82, 2.24) is 9.62 Å². The first kappa shape index (κ1) is 21.8. The Bertz CT molecular complexity index is 859. The lowest BCUT2D eigenvalue weighted by Crippen LogP contribution is -2.38. The molecule has 0 aromatic heterocycles. The third-order valence-electron chi connectivity index (χ3n) is 5.29. The van der Waals surface area contributed by atoms with E-state index in [0.717, 1.165) is 43.8 Å². The molecule has 0 spiro atoms. The quantitative estimate of drug-likeness (QED) is 0.654. The van der Waals surface area contributed by atoms with Crippen molar-refractivity contribution in [3.8, 4) is 5.75 Å². The lowest BCUT2D eigenvalue weighted by atomic mass is 9.97. The maximum atomic E-state index is 12.4. The number of hydrogen-bond donors (Lipinski definition) is 2. The smallest absolute Gasteiger partial charge is 0.240 e. The maximum Gasteiger partial charge on any atom is 0.240 e. The topological polar surface area (TPSA) is 78.9 Å². The lowest BCUT2D eigenvalue weighted by Gasteiger charge is -2.32. The summed E-state index contributed by atoms with van der Waals surface area (Å²) in [5, 5.41) is 8.80. The standard InChI is InChI=1S/C22H30N2O4S/c1-18-2-8-22(9-3-18)29(26,27)23-16-19-10-12-24(13-11-19)17-20-4-6-21(7-5-20)28-15-14-25/h2-9,19,23,25H,10-17H2,1H3. The van der Waals surface area contributed by atoms with E-state index in [1.54, 1.807) is 12.1 Å². The summed E-state index contributed by atoms with van der Waals surface area (Å²) >= 11 is 0. The molecule has 0 aliphatic carbocycles. The molecule has 2 aromatic rings. The number of sulfonamides is 1. The Morgan fingerprint density at radius 2 is 1.72 bits per heavy atom. The van der Waals surface area contributed by atoms with Crippen molar-refractivity contribution in [1.29, 1.82) is 0 Å². The van der Waals surface area contributed by atoms with Crippen LogP contribution in [0.25, 0.3) is 0 Å². The predicted octanol–water partition coefficient (Wildman–Crippen LogP) is 2.56. The summed E-state index contributed by atoms with van der Waals surface area (Å²) < 4.78 is 33.0. The zero-order valence-electron chi connectivity index (χ0n) is 16.9. The first-order chi connectivity index (χ1) is 14.0. The van der Waals surface area contributed by atoms with Crippen molar-refractivity contribution in [2.75, 3.05) is 32.8 Å². The normalized spacial score (nSPS) is 16.1. The molecule has 0 saturated carbocycles. The summed E-state index contributed by atoms with van der Waals surface area (Å²) in [4.78, 5) is 2.72. The molecule has 1 saturated heterocycles. The molecule has 2 N–H and O–H groups in total. The summed E-state index contributed by atoms with van der Waals surface area (Å²) in [6.45, 7) is 5.54. The van der Waals surface area contributed by atoms with E-state index < -0.39 is 10.0 Å². The zero-order chi connectivity index (χ0) is 20.7. The van der Waals surface area contributed by atoms with Crippen LogP contribution in [0.15, 0.2) is 53.4 Å².